The zero-order valence-corrected chi connectivity index (χ0v) is 15.2. The minimum absolute atomic E-state index is 0.0329. The van der Waals surface area contributed by atoms with E-state index in [1.54, 1.807) is 6.92 Å². The van der Waals surface area contributed by atoms with Gasteiger partial charge in [0.25, 0.3) is 0 Å². The van der Waals surface area contributed by atoms with E-state index in [4.69, 9.17) is 0 Å². The van der Waals surface area contributed by atoms with Crippen molar-refractivity contribution in [2.24, 2.45) is 28.6 Å². The maximum Gasteiger partial charge on any atom is 0.164 e. The molecule has 4 rings (SSSR count). The molecule has 24 heavy (non-hydrogen) atoms. The molecule has 3 heteroatoms. The summed E-state index contributed by atoms with van der Waals surface area (Å²) >= 11 is 0. The molecule has 0 aromatic rings. The van der Waals surface area contributed by atoms with Crippen molar-refractivity contribution in [1.82, 2.24) is 0 Å². The molecule has 1 N–H and O–H groups in total. The van der Waals surface area contributed by atoms with E-state index in [1.165, 1.54) is 5.57 Å². The predicted octanol–water partition coefficient (Wildman–Crippen LogP) is 3.84. The van der Waals surface area contributed by atoms with Gasteiger partial charge in [-0.15, -0.1) is 0 Å². The minimum atomic E-state index is -1.18. The standard InChI is InChI=1S/C21H30O3/c1-19-10-8-14(22)12-13(19)4-5-15-16(19)9-11-20(2)17(15)6-7-18(23)21(20,3)24/h12,15-17,24H,4-11H2,1-3H3/t15-,16-,17+,19+,20+,21-/m1/s1. The van der Waals surface area contributed by atoms with Crippen LogP contribution in [-0.2, 0) is 9.59 Å². The second-order valence-corrected chi connectivity index (χ2v) is 9.46. The van der Waals surface area contributed by atoms with Gasteiger partial charge in [0.1, 0.15) is 5.60 Å². The van der Waals surface area contributed by atoms with Crippen molar-refractivity contribution in [1.29, 1.82) is 0 Å². The summed E-state index contributed by atoms with van der Waals surface area (Å²) in [6, 6.07) is 0. The second-order valence-electron chi connectivity index (χ2n) is 9.46. The Kier molecular flexibility index (Phi) is 3.46. The van der Waals surface area contributed by atoms with Gasteiger partial charge in [0.15, 0.2) is 11.6 Å². The van der Waals surface area contributed by atoms with Gasteiger partial charge in [-0.1, -0.05) is 19.4 Å². The van der Waals surface area contributed by atoms with Crippen LogP contribution >= 0.6 is 0 Å². The molecule has 0 amide bonds. The third-order valence-electron chi connectivity index (χ3n) is 8.69. The van der Waals surface area contributed by atoms with Crippen LogP contribution < -0.4 is 0 Å². The quantitative estimate of drug-likeness (QED) is 0.734. The lowest BCUT2D eigenvalue weighted by molar-refractivity contribution is -0.188. The third kappa shape index (κ3) is 1.94. The average molecular weight is 330 g/mol. The normalized spacial score (nSPS) is 51.3. The molecule has 6 atom stereocenters. The van der Waals surface area contributed by atoms with Crippen molar-refractivity contribution in [2.75, 3.05) is 0 Å². The maximum absolute atomic E-state index is 12.4. The van der Waals surface area contributed by atoms with Gasteiger partial charge in [0.2, 0.25) is 0 Å². The number of aliphatic hydroxyl groups is 1. The number of rotatable bonds is 0. The fourth-order valence-corrected chi connectivity index (χ4v) is 6.86. The summed E-state index contributed by atoms with van der Waals surface area (Å²) in [5.41, 5.74) is 0.0690. The van der Waals surface area contributed by atoms with E-state index >= 15 is 0 Å². The topological polar surface area (TPSA) is 54.4 Å². The van der Waals surface area contributed by atoms with Crippen LogP contribution in [0.25, 0.3) is 0 Å². The first-order valence-electron chi connectivity index (χ1n) is 9.70. The molecular weight excluding hydrogens is 300 g/mol. The first-order valence-corrected chi connectivity index (χ1v) is 9.70. The maximum atomic E-state index is 12.4. The zero-order valence-electron chi connectivity index (χ0n) is 15.2. The molecule has 0 aromatic carbocycles. The van der Waals surface area contributed by atoms with Crippen molar-refractivity contribution in [2.45, 2.75) is 77.7 Å². The number of allylic oxidation sites excluding steroid dienone is 2. The number of hydrogen-bond acceptors (Lipinski definition) is 3. The molecule has 132 valence electrons. The molecule has 0 saturated heterocycles. The van der Waals surface area contributed by atoms with E-state index in [0.717, 1.165) is 38.5 Å². The number of fused-ring (bicyclic) bond motifs is 5. The lowest BCUT2D eigenvalue weighted by atomic mass is 9.42. The Morgan fingerprint density at radius 1 is 0.958 bits per heavy atom. The van der Waals surface area contributed by atoms with Crippen LogP contribution in [-0.4, -0.2) is 22.3 Å². The van der Waals surface area contributed by atoms with Gasteiger partial charge in [-0.2, -0.15) is 0 Å². The second kappa shape index (κ2) is 5.03. The smallest absolute Gasteiger partial charge is 0.164 e. The highest BCUT2D eigenvalue weighted by Crippen LogP contribution is 2.65. The molecule has 3 nitrogen and oxygen atoms in total. The highest BCUT2D eigenvalue weighted by molar-refractivity contribution is 5.91. The Morgan fingerprint density at radius 3 is 2.46 bits per heavy atom. The largest absolute Gasteiger partial charge is 0.382 e. The molecule has 0 bridgehead atoms. The predicted molar refractivity (Wildman–Crippen MR) is 92.3 cm³/mol. The lowest BCUT2D eigenvalue weighted by Crippen LogP contribution is -2.63. The number of ketones is 2. The Labute approximate surface area is 144 Å². The van der Waals surface area contributed by atoms with Crippen LogP contribution in [0.2, 0.25) is 0 Å². The summed E-state index contributed by atoms with van der Waals surface area (Å²) in [5.74, 6) is 1.95. The summed E-state index contributed by atoms with van der Waals surface area (Å²) in [6.07, 6.45) is 9.19. The van der Waals surface area contributed by atoms with Crippen molar-refractivity contribution in [3.63, 3.8) is 0 Å². The van der Waals surface area contributed by atoms with E-state index in [1.807, 2.05) is 6.08 Å². The molecule has 4 aliphatic rings. The molecular formula is C21H30O3. The summed E-state index contributed by atoms with van der Waals surface area (Å²) in [4.78, 5) is 24.2. The Hall–Kier alpha value is -0.960. The minimum Gasteiger partial charge on any atom is -0.382 e. The van der Waals surface area contributed by atoms with Crippen LogP contribution in [0.5, 0.6) is 0 Å². The molecule has 3 fully saturated rings. The monoisotopic (exact) mass is 330 g/mol. The zero-order chi connectivity index (χ0) is 17.3. The summed E-state index contributed by atoms with van der Waals surface area (Å²) in [6.45, 7) is 6.29. The van der Waals surface area contributed by atoms with Crippen LogP contribution in [0.4, 0.5) is 0 Å². The van der Waals surface area contributed by atoms with Gasteiger partial charge in [0.05, 0.1) is 0 Å². The third-order valence-corrected chi connectivity index (χ3v) is 8.69. The van der Waals surface area contributed by atoms with Crippen LogP contribution in [0.15, 0.2) is 11.6 Å². The number of hydrogen-bond donors (Lipinski definition) is 1. The van der Waals surface area contributed by atoms with Crippen molar-refractivity contribution in [3.05, 3.63) is 11.6 Å². The highest BCUT2D eigenvalue weighted by atomic mass is 16.3. The molecule has 3 saturated carbocycles. The van der Waals surface area contributed by atoms with E-state index in [2.05, 4.69) is 13.8 Å². The van der Waals surface area contributed by atoms with Gasteiger partial charge in [-0.3, -0.25) is 9.59 Å². The van der Waals surface area contributed by atoms with Crippen molar-refractivity contribution in [3.8, 4) is 0 Å². The molecule has 0 aliphatic heterocycles. The molecule has 0 aromatic heterocycles. The summed E-state index contributed by atoms with van der Waals surface area (Å²) in [5, 5.41) is 11.0. The fraction of sp³-hybridized carbons (Fsp3) is 0.810. The van der Waals surface area contributed by atoms with Crippen LogP contribution in [0.1, 0.15) is 72.1 Å². The molecule has 0 radical (unpaired) electrons. The number of Topliss-reactive ketones (excluding diaryl/α,β-unsaturated/α-hetero) is 1. The Morgan fingerprint density at radius 2 is 1.71 bits per heavy atom. The SMILES string of the molecule is C[C@]12CCC(=O)C=C1CC[C@@H]1[C@H]2CC[C@@]2(C)[C@H]1CCC(=O)[C@@]2(C)O. The lowest BCUT2D eigenvalue weighted by Gasteiger charge is -2.62. The van der Waals surface area contributed by atoms with Crippen LogP contribution in [0, 0.1) is 28.6 Å². The van der Waals surface area contributed by atoms with E-state index in [-0.39, 0.29) is 16.6 Å². The van der Waals surface area contributed by atoms with E-state index < -0.39 is 5.60 Å². The van der Waals surface area contributed by atoms with Gasteiger partial charge >= 0.3 is 0 Å². The number of carbonyl (C=O) groups is 2. The summed E-state index contributed by atoms with van der Waals surface area (Å²) in [7, 11) is 0. The first kappa shape index (κ1) is 16.5. The molecule has 0 spiro atoms. The van der Waals surface area contributed by atoms with Crippen molar-refractivity contribution >= 4 is 11.6 Å². The average Bonchev–Trinajstić information content (AvgIpc) is 2.52. The van der Waals surface area contributed by atoms with Gasteiger partial charge < -0.3 is 5.11 Å². The summed E-state index contributed by atoms with van der Waals surface area (Å²) < 4.78 is 0. The van der Waals surface area contributed by atoms with Gasteiger partial charge in [-0.25, -0.2) is 0 Å². The van der Waals surface area contributed by atoms with Crippen molar-refractivity contribution < 1.29 is 14.7 Å². The van der Waals surface area contributed by atoms with E-state index in [0.29, 0.717) is 36.4 Å². The van der Waals surface area contributed by atoms with Crippen LogP contribution in [0.3, 0.4) is 0 Å². The first-order chi connectivity index (χ1) is 11.2. The molecule has 4 aliphatic carbocycles. The van der Waals surface area contributed by atoms with Gasteiger partial charge in [0, 0.05) is 18.3 Å². The van der Waals surface area contributed by atoms with Gasteiger partial charge in [-0.05, 0) is 74.7 Å². The Balaban J connectivity index is 1.71. The molecule has 0 unspecified atom stereocenters. The number of carbonyl (C=O) groups excluding carboxylic acids is 2. The fourth-order valence-electron chi connectivity index (χ4n) is 6.86. The Bertz CT molecular complexity index is 631. The van der Waals surface area contributed by atoms with E-state index in [9.17, 15) is 14.7 Å². The molecule has 0 heterocycles. The highest BCUT2D eigenvalue weighted by Gasteiger charge is 2.63.